The first-order chi connectivity index (χ1) is 17.3. The third kappa shape index (κ3) is 8.91. The van der Waals surface area contributed by atoms with Gasteiger partial charge in [0.05, 0.1) is 0 Å². The molecule has 37 heavy (non-hydrogen) atoms. The van der Waals surface area contributed by atoms with Crippen molar-refractivity contribution >= 4 is 0 Å². The first-order valence-electron chi connectivity index (χ1n) is 16.3. The summed E-state index contributed by atoms with van der Waals surface area (Å²) in [5.41, 5.74) is 3.73. The largest absolute Gasteiger partial charge is 0.124 e. The second-order valence-electron chi connectivity index (χ2n) is 11.9. The van der Waals surface area contributed by atoms with Gasteiger partial charge in [-0.3, -0.25) is 0 Å². The molecule has 4 aliphatic carbocycles. The molecule has 0 spiro atoms. The summed E-state index contributed by atoms with van der Waals surface area (Å²) in [4.78, 5) is 0. The van der Waals surface area contributed by atoms with Gasteiger partial charge in [-0.2, -0.15) is 0 Å². The van der Waals surface area contributed by atoms with Crippen molar-refractivity contribution in [2.75, 3.05) is 0 Å². The molecule has 0 saturated heterocycles. The summed E-state index contributed by atoms with van der Waals surface area (Å²) in [5.74, 6) is 3.66. The van der Waals surface area contributed by atoms with Crippen LogP contribution in [0.2, 0.25) is 0 Å². The van der Waals surface area contributed by atoms with Crippen LogP contribution in [0.3, 0.4) is 0 Å². The molecule has 0 bridgehead atoms. The van der Waals surface area contributed by atoms with Crippen molar-refractivity contribution in [3.63, 3.8) is 0 Å². The van der Waals surface area contributed by atoms with E-state index in [9.17, 15) is 0 Å². The Balaban J connectivity index is -0.000000852. The number of rotatable bonds is 2. The van der Waals surface area contributed by atoms with E-state index in [0.29, 0.717) is 16.2 Å². The van der Waals surface area contributed by atoms with Crippen molar-refractivity contribution in [3.05, 3.63) is 11.6 Å². The van der Waals surface area contributed by atoms with E-state index in [1.54, 1.807) is 0 Å². The Hall–Kier alpha value is -0.700. The first-order valence-corrected chi connectivity index (χ1v) is 16.3. The Labute approximate surface area is 238 Å². The van der Waals surface area contributed by atoms with E-state index in [2.05, 4.69) is 67.4 Å². The molecule has 0 aromatic carbocycles. The molecule has 4 rings (SSSR count). The molecule has 0 aromatic rings. The van der Waals surface area contributed by atoms with E-state index in [1.165, 1.54) is 77.0 Å². The average molecular weight is 519 g/mol. The molecule has 0 amide bonds. The molecule has 0 heterocycles. The second kappa shape index (κ2) is 20.2. The number of terminal acetylenes is 1. The zero-order valence-corrected chi connectivity index (χ0v) is 27.5. The molecule has 0 aromatic heterocycles. The number of fused-ring (bicyclic) bond motifs is 5. The molecule has 3 fully saturated rings. The van der Waals surface area contributed by atoms with Crippen LogP contribution in [0.25, 0.3) is 0 Å². The lowest BCUT2D eigenvalue weighted by Crippen LogP contribution is -2.55. The Morgan fingerprint density at radius 2 is 1.32 bits per heavy atom. The maximum absolute atomic E-state index is 4.00. The summed E-state index contributed by atoms with van der Waals surface area (Å²) in [7, 11) is 0. The summed E-state index contributed by atoms with van der Waals surface area (Å²) in [6.45, 7) is 29.2. The SMILES string of the molecule is C.C#C.CC.CC.CC.CCC.CCC[C@@]1(C)C(C)CC[C@@]2(C)C3CCC4(C)CCCCC4C3=CCC12. The van der Waals surface area contributed by atoms with Gasteiger partial charge < -0.3 is 0 Å². The number of allylic oxidation sites excluding steroid dienone is 2. The lowest BCUT2D eigenvalue weighted by atomic mass is 9.41. The van der Waals surface area contributed by atoms with Crippen LogP contribution < -0.4 is 0 Å². The van der Waals surface area contributed by atoms with Crippen LogP contribution in [0.1, 0.15) is 174 Å². The van der Waals surface area contributed by atoms with Gasteiger partial charge in [0.15, 0.2) is 0 Å². The predicted molar refractivity (Wildman–Crippen MR) is 175 cm³/mol. The topological polar surface area (TPSA) is 0 Å². The molecule has 222 valence electrons. The van der Waals surface area contributed by atoms with E-state index in [0.717, 1.165) is 23.7 Å². The average Bonchev–Trinajstić information content (AvgIpc) is 2.91. The summed E-state index contributed by atoms with van der Waals surface area (Å²) in [6, 6.07) is 0. The fourth-order valence-electron chi connectivity index (χ4n) is 8.44. The van der Waals surface area contributed by atoms with Gasteiger partial charge in [0.1, 0.15) is 0 Å². The molecule has 4 aliphatic rings. The minimum atomic E-state index is 0. The maximum Gasteiger partial charge on any atom is -0.0143 e. The van der Waals surface area contributed by atoms with Crippen LogP contribution in [0.15, 0.2) is 11.6 Å². The fraction of sp³-hybridized carbons (Fsp3) is 0.892. The smallest absolute Gasteiger partial charge is 0.0143 e. The Kier molecular flexibility index (Phi) is 22.3. The molecular weight excluding hydrogens is 444 g/mol. The first kappa shape index (κ1) is 40.8. The Morgan fingerprint density at radius 3 is 1.84 bits per heavy atom. The molecule has 7 atom stereocenters. The Morgan fingerprint density at radius 1 is 0.784 bits per heavy atom. The highest BCUT2D eigenvalue weighted by atomic mass is 14.6. The van der Waals surface area contributed by atoms with Gasteiger partial charge in [-0.15, -0.1) is 12.8 Å². The van der Waals surface area contributed by atoms with Crippen LogP contribution in [-0.4, -0.2) is 0 Å². The van der Waals surface area contributed by atoms with E-state index < -0.39 is 0 Å². The molecule has 0 heteroatoms. The third-order valence-electron chi connectivity index (χ3n) is 10.1. The maximum atomic E-state index is 4.00. The van der Waals surface area contributed by atoms with Gasteiger partial charge in [-0.25, -0.2) is 0 Å². The summed E-state index contributed by atoms with van der Waals surface area (Å²) in [6.07, 6.45) is 28.1. The molecule has 0 aliphatic heterocycles. The van der Waals surface area contributed by atoms with Gasteiger partial charge in [0, 0.05) is 0 Å². The van der Waals surface area contributed by atoms with Crippen molar-refractivity contribution in [2.45, 2.75) is 174 Å². The second-order valence-corrected chi connectivity index (χ2v) is 11.9. The highest BCUT2D eigenvalue weighted by molar-refractivity contribution is 5.27. The van der Waals surface area contributed by atoms with Gasteiger partial charge in [0.2, 0.25) is 0 Å². The minimum Gasteiger partial charge on any atom is -0.124 e. The van der Waals surface area contributed by atoms with Crippen LogP contribution in [0.5, 0.6) is 0 Å². The van der Waals surface area contributed by atoms with E-state index in [4.69, 9.17) is 0 Å². The molecule has 0 radical (unpaired) electrons. The monoisotopic (exact) mass is 519 g/mol. The fourth-order valence-corrected chi connectivity index (χ4v) is 8.44. The normalized spacial score (nSPS) is 36.6. The van der Waals surface area contributed by atoms with Gasteiger partial charge in [-0.05, 0) is 91.3 Å². The molecule has 3 saturated carbocycles. The van der Waals surface area contributed by atoms with E-state index in [-0.39, 0.29) is 7.43 Å². The van der Waals surface area contributed by atoms with Gasteiger partial charge in [-0.1, -0.05) is 135 Å². The zero-order valence-electron chi connectivity index (χ0n) is 27.5. The van der Waals surface area contributed by atoms with Crippen molar-refractivity contribution in [1.29, 1.82) is 0 Å². The standard InChI is InChI=1S/C25H42.C3H8.3C2H6.C2H2.CH4/c1-6-14-24(4)18(2)12-17-25(5)21-13-16-23(3)15-8-7-9-20(23)19(21)10-11-22(24)25;1-3-2;4*1-2;/h10,18,20-22H,6-9,11-17H2,1-5H3;3H2,1-2H3;3*1-2H3;1-2H;1H4/t18?,20?,21?,22?,23?,24-,25-;;;;;;/m0....../s1. The van der Waals surface area contributed by atoms with Crippen molar-refractivity contribution in [3.8, 4) is 12.8 Å². The summed E-state index contributed by atoms with van der Waals surface area (Å²) >= 11 is 0. The number of hydrogen-bond acceptors (Lipinski definition) is 0. The third-order valence-corrected chi connectivity index (χ3v) is 10.1. The molecule has 5 unspecified atom stereocenters. The van der Waals surface area contributed by atoms with Crippen molar-refractivity contribution in [1.82, 2.24) is 0 Å². The lowest BCUT2D eigenvalue weighted by Gasteiger charge is -2.64. The zero-order chi connectivity index (χ0) is 28.6. The molecular formula is C37H74. The summed E-state index contributed by atoms with van der Waals surface area (Å²) < 4.78 is 0. The van der Waals surface area contributed by atoms with E-state index >= 15 is 0 Å². The minimum absolute atomic E-state index is 0. The van der Waals surface area contributed by atoms with Crippen LogP contribution >= 0.6 is 0 Å². The van der Waals surface area contributed by atoms with Crippen LogP contribution in [-0.2, 0) is 0 Å². The highest BCUT2D eigenvalue weighted by Gasteiger charge is 2.59. The molecule has 0 N–H and O–H groups in total. The quantitative estimate of drug-likeness (QED) is 0.252. The summed E-state index contributed by atoms with van der Waals surface area (Å²) in [5, 5.41) is 0. The van der Waals surface area contributed by atoms with Gasteiger partial charge in [0.25, 0.3) is 0 Å². The highest BCUT2D eigenvalue weighted by Crippen LogP contribution is 2.68. The predicted octanol–water partition coefficient (Wildman–Crippen LogP) is 13.2. The van der Waals surface area contributed by atoms with Crippen molar-refractivity contribution in [2.24, 2.45) is 39.9 Å². The van der Waals surface area contributed by atoms with Crippen molar-refractivity contribution < 1.29 is 0 Å². The van der Waals surface area contributed by atoms with Crippen LogP contribution in [0.4, 0.5) is 0 Å². The lowest BCUT2D eigenvalue weighted by molar-refractivity contribution is -0.102. The van der Waals surface area contributed by atoms with Crippen LogP contribution in [0, 0.1) is 52.8 Å². The van der Waals surface area contributed by atoms with E-state index in [1.807, 2.05) is 47.1 Å². The number of hydrogen-bond donors (Lipinski definition) is 0. The molecule has 0 nitrogen and oxygen atoms in total. The Bertz CT molecular complexity index is 596. The van der Waals surface area contributed by atoms with Gasteiger partial charge >= 0.3 is 0 Å².